The van der Waals surface area contributed by atoms with E-state index in [1.54, 1.807) is 63.3 Å². The third kappa shape index (κ3) is 8.49. The zero-order valence-electron chi connectivity index (χ0n) is 21.6. The van der Waals surface area contributed by atoms with E-state index in [2.05, 4.69) is 9.71 Å². The molecule has 0 bridgehead atoms. The Bertz CT molecular complexity index is 1330. The van der Waals surface area contributed by atoms with Crippen molar-refractivity contribution in [1.82, 2.24) is 10.4 Å². The molecule has 1 aromatic carbocycles. The molecule has 3 rings (SSSR count). The number of benzene rings is 1. The number of hydroxylamine groups is 2. The molecule has 11 heteroatoms. The standard InChI is InChI=1S/C27H31N3O7S/c1-27(2,3)37-26(31)28-16-19-36-24-7-5-6-21(9-8-20-14-17-30(32)18-15-20)25(24)29-38(33,34)23-12-10-22(35-4)11-13-23/h5-15,17-18,32H,16,19H2,1-4H3,(H,28,31)/b21-9-,29-25-. The highest BCUT2D eigenvalue weighted by molar-refractivity contribution is 7.90. The molecular formula is C27H31N3O7S. The number of nitrogens with zero attached hydrogens (tertiary/aromatic N) is 2. The molecule has 1 heterocycles. The number of hydrogen-bond donors (Lipinski definition) is 2. The number of rotatable bonds is 8. The lowest BCUT2D eigenvalue weighted by Crippen LogP contribution is -2.34. The molecule has 0 spiro atoms. The molecule has 2 aliphatic rings. The van der Waals surface area contributed by atoms with Gasteiger partial charge in [-0.3, -0.25) is 5.21 Å². The van der Waals surface area contributed by atoms with Gasteiger partial charge in [-0.1, -0.05) is 24.3 Å². The molecule has 0 fully saturated rings. The lowest BCUT2D eigenvalue weighted by atomic mass is 10.0. The highest BCUT2D eigenvalue weighted by Crippen LogP contribution is 2.23. The Morgan fingerprint density at radius 2 is 1.79 bits per heavy atom. The van der Waals surface area contributed by atoms with E-state index >= 15 is 0 Å². The minimum Gasteiger partial charge on any atom is -0.497 e. The molecule has 38 heavy (non-hydrogen) atoms. The number of carbonyl (C=O) groups is 1. The maximum absolute atomic E-state index is 13.2. The zero-order valence-corrected chi connectivity index (χ0v) is 22.4. The molecule has 0 aromatic heterocycles. The fraction of sp³-hybridized carbons (Fsp3) is 0.259. The van der Waals surface area contributed by atoms with E-state index in [0.29, 0.717) is 11.3 Å². The minimum atomic E-state index is -4.11. The van der Waals surface area contributed by atoms with Gasteiger partial charge in [0.1, 0.15) is 29.4 Å². The Morgan fingerprint density at radius 1 is 1.11 bits per heavy atom. The molecule has 0 atom stereocenters. The number of carbonyl (C=O) groups excluding carboxylic acids is 1. The average molecular weight is 542 g/mol. The van der Waals surface area contributed by atoms with Crippen LogP contribution in [0.4, 0.5) is 4.79 Å². The van der Waals surface area contributed by atoms with Gasteiger partial charge in [0.05, 0.1) is 18.6 Å². The molecule has 1 aliphatic carbocycles. The largest absolute Gasteiger partial charge is 0.497 e. The van der Waals surface area contributed by atoms with Gasteiger partial charge in [0.25, 0.3) is 10.0 Å². The summed E-state index contributed by atoms with van der Waals surface area (Å²) in [4.78, 5) is 11.9. The van der Waals surface area contributed by atoms with Gasteiger partial charge in [-0.25, -0.2) is 9.86 Å². The second kappa shape index (κ2) is 12.4. The van der Waals surface area contributed by atoms with Crippen LogP contribution in [0.25, 0.3) is 0 Å². The number of ether oxygens (including phenoxy) is 3. The Labute approximate surface area is 222 Å². The zero-order chi connectivity index (χ0) is 27.8. The summed E-state index contributed by atoms with van der Waals surface area (Å²) in [5.74, 6) is 0.734. The molecule has 1 aliphatic heterocycles. The summed E-state index contributed by atoms with van der Waals surface area (Å²) in [6.07, 6.45) is 14.2. The van der Waals surface area contributed by atoms with E-state index in [0.717, 1.165) is 10.6 Å². The van der Waals surface area contributed by atoms with Crippen molar-refractivity contribution in [1.29, 1.82) is 0 Å². The highest BCUT2D eigenvalue weighted by Gasteiger charge is 2.22. The molecule has 1 amide bonds. The minimum absolute atomic E-state index is 0.00909. The van der Waals surface area contributed by atoms with Gasteiger partial charge < -0.3 is 19.5 Å². The summed E-state index contributed by atoms with van der Waals surface area (Å²) in [6.45, 7) is 5.46. The first-order valence-corrected chi connectivity index (χ1v) is 13.1. The summed E-state index contributed by atoms with van der Waals surface area (Å²) in [7, 11) is -2.62. The number of sulfonamides is 1. The SMILES string of the molecule is COc1ccc(S(=O)(=O)/N=C2\C(OCCNC(=O)OC(C)(C)C)=CC=C\C2=C\C=C2C=CN(O)C=C2)cc1. The molecule has 0 saturated heterocycles. The Balaban J connectivity index is 1.86. The molecule has 10 nitrogen and oxygen atoms in total. The number of alkyl carbamates (subject to hydrolysis) is 1. The molecule has 1 aromatic rings. The summed E-state index contributed by atoms with van der Waals surface area (Å²) in [6, 6.07) is 5.90. The monoisotopic (exact) mass is 541 g/mol. The second-order valence-corrected chi connectivity index (χ2v) is 10.7. The van der Waals surface area contributed by atoms with Gasteiger partial charge in [-0.05, 0) is 68.8 Å². The maximum Gasteiger partial charge on any atom is 0.407 e. The third-order valence-electron chi connectivity index (χ3n) is 4.92. The lowest BCUT2D eigenvalue weighted by molar-refractivity contribution is 0.0105. The van der Waals surface area contributed by atoms with Gasteiger partial charge in [0.2, 0.25) is 0 Å². The van der Waals surface area contributed by atoms with Crippen LogP contribution in [-0.2, 0) is 19.5 Å². The van der Waals surface area contributed by atoms with Crippen molar-refractivity contribution < 1.29 is 32.6 Å². The van der Waals surface area contributed by atoms with Crippen LogP contribution < -0.4 is 10.1 Å². The fourth-order valence-electron chi connectivity index (χ4n) is 3.16. The van der Waals surface area contributed by atoms with E-state index in [1.165, 1.54) is 43.8 Å². The van der Waals surface area contributed by atoms with Crippen molar-refractivity contribution >= 4 is 21.8 Å². The van der Waals surface area contributed by atoms with Crippen LogP contribution in [0.2, 0.25) is 0 Å². The second-order valence-electron chi connectivity index (χ2n) is 9.06. The van der Waals surface area contributed by atoms with E-state index in [1.807, 2.05) is 0 Å². The maximum atomic E-state index is 13.2. The van der Waals surface area contributed by atoms with Gasteiger partial charge in [-0.15, -0.1) is 0 Å². The number of nitrogens with one attached hydrogen (secondary N) is 1. The van der Waals surface area contributed by atoms with E-state index in [9.17, 15) is 18.4 Å². The smallest absolute Gasteiger partial charge is 0.407 e. The van der Waals surface area contributed by atoms with Crippen molar-refractivity contribution in [2.45, 2.75) is 31.3 Å². The molecule has 0 saturated carbocycles. The van der Waals surface area contributed by atoms with Crippen molar-refractivity contribution in [2.75, 3.05) is 20.3 Å². The topological polar surface area (TPSA) is 127 Å². The first kappa shape index (κ1) is 28.5. The van der Waals surface area contributed by atoms with E-state index in [4.69, 9.17) is 14.2 Å². The molecule has 0 radical (unpaired) electrons. The van der Waals surface area contributed by atoms with Crippen LogP contribution in [-0.4, -0.2) is 56.4 Å². The van der Waals surface area contributed by atoms with Crippen molar-refractivity contribution in [3.05, 3.63) is 96.1 Å². The lowest BCUT2D eigenvalue weighted by Gasteiger charge is -2.20. The summed E-state index contributed by atoms with van der Waals surface area (Å²) >= 11 is 0. The summed E-state index contributed by atoms with van der Waals surface area (Å²) < 4.78 is 46.6. The van der Waals surface area contributed by atoms with Crippen LogP contribution in [0.1, 0.15) is 20.8 Å². The van der Waals surface area contributed by atoms with Crippen LogP contribution in [0.15, 0.2) is 105 Å². The van der Waals surface area contributed by atoms with E-state index < -0.39 is 21.7 Å². The van der Waals surface area contributed by atoms with Gasteiger partial charge in [-0.2, -0.15) is 12.8 Å². The molecule has 0 unspecified atom stereocenters. The number of hydrogen-bond acceptors (Lipinski definition) is 8. The number of methoxy groups -OCH3 is 1. The molecular weight excluding hydrogens is 510 g/mol. The molecule has 202 valence electrons. The van der Waals surface area contributed by atoms with Crippen molar-refractivity contribution in [3.63, 3.8) is 0 Å². The number of allylic oxidation sites excluding steroid dienone is 9. The van der Waals surface area contributed by atoms with Crippen molar-refractivity contribution in [3.8, 4) is 5.75 Å². The predicted octanol–water partition coefficient (Wildman–Crippen LogP) is 4.40. The Morgan fingerprint density at radius 3 is 2.42 bits per heavy atom. The first-order valence-electron chi connectivity index (χ1n) is 11.7. The normalized spacial score (nSPS) is 17.4. The summed E-state index contributed by atoms with van der Waals surface area (Å²) in [5.41, 5.74) is 0.724. The van der Waals surface area contributed by atoms with Gasteiger partial charge >= 0.3 is 6.09 Å². The van der Waals surface area contributed by atoms with Crippen molar-refractivity contribution in [2.24, 2.45) is 4.40 Å². The third-order valence-corrected chi connectivity index (χ3v) is 6.21. The summed E-state index contributed by atoms with van der Waals surface area (Å²) in [5, 5.41) is 12.9. The fourth-order valence-corrected chi connectivity index (χ4v) is 4.19. The quantitative estimate of drug-likeness (QED) is 0.464. The first-order chi connectivity index (χ1) is 18.0. The highest BCUT2D eigenvalue weighted by atomic mass is 32.2. The van der Waals surface area contributed by atoms with Gasteiger partial charge in [0, 0.05) is 18.0 Å². The molecule has 2 N–H and O–H groups in total. The van der Waals surface area contributed by atoms with Crippen LogP contribution in [0.5, 0.6) is 5.75 Å². The predicted molar refractivity (Wildman–Crippen MR) is 143 cm³/mol. The van der Waals surface area contributed by atoms with Crippen LogP contribution in [0, 0.1) is 0 Å². The average Bonchev–Trinajstić information content (AvgIpc) is 2.86. The number of amides is 1. The Kier molecular flexibility index (Phi) is 9.32. The van der Waals surface area contributed by atoms with E-state index in [-0.39, 0.29) is 29.5 Å². The van der Waals surface area contributed by atoms with Gasteiger partial charge in [0.15, 0.2) is 0 Å². The Hall–Kier alpha value is -4.09. The van der Waals surface area contributed by atoms with Crippen LogP contribution in [0.3, 0.4) is 0 Å². The van der Waals surface area contributed by atoms with Crippen LogP contribution >= 0.6 is 0 Å².